The molecule has 0 bridgehead atoms. The second-order valence-corrected chi connectivity index (χ2v) is 7.87. The fourth-order valence-electron chi connectivity index (χ4n) is 2.90. The highest BCUT2D eigenvalue weighted by atomic mass is 35.5. The summed E-state index contributed by atoms with van der Waals surface area (Å²) in [6.07, 6.45) is 0.866. The van der Waals surface area contributed by atoms with Crippen molar-refractivity contribution in [2.24, 2.45) is 0 Å². The molecule has 0 saturated carbocycles. The molecule has 0 spiro atoms. The van der Waals surface area contributed by atoms with Gasteiger partial charge in [0.05, 0.1) is 11.1 Å². The van der Waals surface area contributed by atoms with Crippen molar-refractivity contribution in [3.63, 3.8) is 0 Å². The number of nitrogens with zero attached hydrogens (tertiary/aromatic N) is 1. The zero-order valence-electron chi connectivity index (χ0n) is 18.3. The zero-order valence-corrected chi connectivity index (χ0v) is 19.1. The maximum atomic E-state index is 13.0. The average molecular weight is 447 g/mol. The van der Waals surface area contributed by atoms with Crippen LogP contribution in [0.5, 0.6) is 5.75 Å². The van der Waals surface area contributed by atoms with Crippen LogP contribution in [0.4, 0.5) is 0 Å². The molecule has 2 aromatic carbocycles. The molecule has 0 unspecified atom stereocenters. The fourth-order valence-corrected chi connectivity index (χ4v) is 3.09. The van der Waals surface area contributed by atoms with Crippen LogP contribution in [0.1, 0.15) is 32.8 Å². The standard InChI is InChI=1S/C24H31ClN2O4/c1-18(2)30-15-9-14-26-24(29)19(3)27(16-20-10-5-4-6-11-20)23(28)17-31-22-13-8-7-12-21(22)25/h4-8,10-13,18-19H,9,14-17H2,1-3H3,(H,26,29)/t19-/m0/s1. The number of hydrogen-bond acceptors (Lipinski definition) is 4. The van der Waals surface area contributed by atoms with Crippen molar-refractivity contribution >= 4 is 23.4 Å². The van der Waals surface area contributed by atoms with Gasteiger partial charge in [-0.25, -0.2) is 0 Å². The van der Waals surface area contributed by atoms with E-state index in [2.05, 4.69) is 5.32 Å². The monoisotopic (exact) mass is 446 g/mol. The number of nitrogens with one attached hydrogen (secondary N) is 1. The molecular formula is C24H31ClN2O4. The maximum Gasteiger partial charge on any atom is 0.261 e. The quantitative estimate of drug-likeness (QED) is 0.499. The summed E-state index contributed by atoms with van der Waals surface area (Å²) in [4.78, 5) is 27.2. The van der Waals surface area contributed by atoms with Crippen LogP contribution in [-0.4, -0.2) is 48.6 Å². The number of para-hydroxylation sites is 1. The second kappa shape index (κ2) is 13.0. The summed E-state index contributed by atoms with van der Waals surface area (Å²) in [6.45, 7) is 6.81. The minimum absolute atomic E-state index is 0.159. The van der Waals surface area contributed by atoms with Gasteiger partial charge in [-0.2, -0.15) is 0 Å². The first-order valence-corrected chi connectivity index (χ1v) is 10.9. The number of ether oxygens (including phenoxy) is 2. The third-order valence-electron chi connectivity index (χ3n) is 4.62. The van der Waals surface area contributed by atoms with E-state index in [1.54, 1.807) is 31.2 Å². The Balaban J connectivity index is 2.00. The Morgan fingerprint density at radius 2 is 1.71 bits per heavy atom. The molecule has 2 rings (SSSR count). The highest BCUT2D eigenvalue weighted by Gasteiger charge is 2.26. The number of amides is 2. The zero-order chi connectivity index (χ0) is 22.6. The third kappa shape index (κ3) is 8.59. The van der Waals surface area contributed by atoms with Crippen molar-refractivity contribution < 1.29 is 19.1 Å². The van der Waals surface area contributed by atoms with Crippen LogP contribution in [-0.2, 0) is 20.9 Å². The highest BCUT2D eigenvalue weighted by molar-refractivity contribution is 6.32. The number of carbonyl (C=O) groups excluding carboxylic acids is 2. The molecule has 2 aromatic rings. The minimum atomic E-state index is -0.659. The van der Waals surface area contributed by atoms with Crippen LogP contribution in [0, 0.1) is 0 Å². The molecule has 31 heavy (non-hydrogen) atoms. The fraction of sp³-hybridized carbons (Fsp3) is 0.417. The number of rotatable bonds is 12. The number of hydrogen-bond donors (Lipinski definition) is 1. The van der Waals surface area contributed by atoms with Crippen LogP contribution in [0.15, 0.2) is 54.6 Å². The molecule has 0 saturated heterocycles. The molecule has 0 fully saturated rings. The van der Waals surface area contributed by atoms with Gasteiger partial charge in [0.15, 0.2) is 6.61 Å². The van der Waals surface area contributed by atoms with Crippen molar-refractivity contribution in [3.8, 4) is 5.75 Å². The van der Waals surface area contributed by atoms with E-state index in [1.165, 1.54) is 4.90 Å². The van der Waals surface area contributed by atoms with Crippen molar-refractivity contribution in [2.45, 2.75) is 45.9 Å². The lowest BCUT2D eigenvalue weighted by atomic mass is 10.1. The van der Waals surface area contributed by atoms with Crippen molar-refractivity contribution in [1.29, 1.82) is 0 Å². The van der Waals surface area contributed by atoms with Gasteiger partial charge in [-0.3, -0.25) is 9.59 Å². The Kier molecular flexibility index (Phi) is 10.3. The topological polar surface area (TPSA) is 67.9 Å². The molecule has 7 heteroatoms. The summed E-state index contributed by atoms with van der Waals surface area (Å²) in [7, 11) is 0. The molecule has 0 aromatic heterocycles. The largest absolute Gasteiger partial charge is 0.482 e. The van der Waals surface area contributed by atoms with Crippen LogP contribution in [0.2, 0.25) is 5.02 Å². The van der Waals surface area contributed by atoms with E-state index >= 15 is 0 Å². The first kappa shape index (κ1) is 24.7. The lowest BCUT2D eigenvalue weighted by Crippen LogP contribution is -2.49. The van der Waals surface area contributed by atoms with E-state index in [4.69, 9.17) is 21.1 Å². The molecule has 1 N–H and O–H groups in total. The molecule has 2 amide bonds. The van der Waals surface area contributed by atoms with Crippen LogP contribution >= 0.6 is 11.6 Å². The Morgan fingerprint density at radius 3 is 2.39 bits per heavy atom. The Labute approximate surface area is 189 Å². The summed E-state index contributed by atoms with van der Waals surface area (Å²) in [5, 5.41) is 3.32. The predicted octanol–water partition coefficient (Wildman–Crippen LogP) is 4.07. The molecule has 0 heterocycles. The van der Waals surface area contributed by atoms with Crippen LogP contribution in [0.25, 0.3) is 0 Å². The lowest BCUT2D eigenvalue weighted by Gasteiger charge is -2.28. The first-order valence-electron chi connectivity index (χ1n) is 10.5. The summed E-state index contributed by atoms with van der Waals surface area (Å²) >= 11 is 6.11. The molecule has 0 radical (unpaired) electrons. The van der Waals surface area contributed by atoms with E-state index in [9.17, 15) is 9.59 Å². The number of benzene rings is 2. The molecule has 6 nitrogen and oxygen atoms in total. The van der Waals surface area contributed by atoms with Crippen LogP contribution in [0.3, 0.4) is 0 Å². The van der Waals surface area contributed by atoms with Gasteiger partial charge in [0.25, 0.3) is 5.91 Å². The summed E-state index contributed by atoms with van der Waals surface area (Å²) in [5.41, 5.74) is 0.929. The second-order valence-electron chi connectivity index (χ2n) is 7.47. The molecule has 0 aliphatic heterocycles. The van der Waals surface area contributed by atoms with E-state index in [1.807, 2.05) is 44.2 Å². The smallest absolute Gasteiger partial charge is 0.261 e. The van der Waals surface area contributed by atoms with Crippen molar-refractivity contribution in [3.05, 3.63) is 65.2 Å². The summed E-state index contributed by atoms with van der Waals surface area (Å²) in [6, 6.07) is 15.9. The highest BCUT2D eigenvalue weighted by Crippen LogP contribution is 2.23. The average Bonchev–Trinajstić information content (AvgIpc) is 2.76. The number of carbonyl (C=O) groups is 2. The van der Waals surface area contributed by atoms with Gasteiger partial charge in [0.1, 0.15) is 11.8 Å². The van der Waals surface area contributed by atoms with Gasteiger partial charge in [-0.1, -0.05) is 54.1 Å². The Morgan fingerprint density at radius 1 is 1.03 bits per heavy atom. The summed E-state index contributed by atoms with van der Waals surface area (Å²) < 4.78 is 11.1. The molecule has 168 valence electrons. The van der Waals surface area contributed by atoms with Crippen molar-refractivity contribution in [1.82, 2.24) is 10.2 Å². The molecule has 0 aliphatic carbocycles. The van der Waals surface area contributed by atoms with E-state index in [-0.39, 0.29) is 24.5 Å². The van der Waals surface area contributed by atoms with Gasteiger partial charge in [-0.05, 0) is 44.9 Å². The van der Waals surface area contributed by atoms with Gasteiger partial charge < -0.3 is 19.7 Å². The minimum Gasteiger partial charge on any atom is -0.482 e. The number of halogens is 1. The van der Waals surface area contributed by atoms with Gasteiger partial charge >= 0.3 is 0 Å². The third-order valence-corrected chi connectivity index (χ3v) is 4.93. The molecular weight excluding hydrogens is 416 g/mol. The van der Waals surface area contributed by atoms with E-state index < -0.39 is 6.04 Å². The molecule has 1 atom stereocenters. The van der Waals surface area contributed by atoms with Gasteiger partial charge in [0.2, 0.25) is 5.91 Å². The Hall–Kier alpha value is -2.57. The van der Waals surface area contributed by atoms with E-state index in [0.29, 0.717) is 36.9 Å². The predicted molar refractivity (Wildman–Crippen MR) is 122 cm³/mol. The summed E-state index contributed by atoms with van der Waals surface area (Å²) in [5.74, 6) is -0.0828. The van der Waals surface area contributed by atoms with Crippen LogP contribution < -0.4 is 10.1 Å². The normalized spacial score (nSPS) is 11.8. The SMILES string of the molecule is CC(C)OCCCNC(=O)[C@H](C)N(Cc1ccccc1)C(=O)COc1ccccc1Cl. The molecule has 0 aliphatic rings. The van der Waals surface area contributed by atoms with E-state index in [0.717, 1.165) is 5.56 Å². The Bertz CT molecular complexity index is 829. The maximum absolute atomic E-state index is 13.0. The van der Waals surface area contributed by atoms with Gasteiger partial charge in [-0.15, -0.1) is 0 Å². The van der Waals surface area contributed by atoms with Crippen molar-refractivity contribution in [2.75, 3.05) is 19.8 Å². The van der Waals surface area contributed by atoms with Gasteiger partial charge in [0, 0.05) is 19.7 Å². The lowest BCUT2D eigenvalue weighted by molar-refractivity contribution is -0.142. The first-order chi connectivity index (χ1) is 14.9.